The SMILES string of the molecule is Cc1cc([S+](c2ccccc2)c2ccccc2)cc(C)c1OC(=O)C(C)(C)CPS. The second-order valence-electron chi connectivity index (χ2n) is 7.93. The van der Waals surface area contributed by atoms with Gasteiger partial charge in [-0.15, -0.1) is 0 Å². The minimum atomic E-state index is -0.546. The molecule has 1 atom stereocenters. The summed E-state index contributed by atoms with van der Waals surface area (Å²) < 4.78 is 5.87. The van der Waals surface area contributed by atoms with Gasteiger partial charge >= 0.3 is 5.97 Å². The molecule has 1 unspecified atom stereocenters. The standard InChI is InChI=1S/C25H28O2PS2/c1-18-15-22(16-19(2)23(18)27-24(26)25(3,4)17-28-29)30(20-11-7-5-8-12-20)21-13-9-6-10-14-21/h5-16,28-29H,17H2,1-4H3/q+1. The third-order valence-corrected chi connectivity index (χ3v) is 8.61. The molecule has 0 aromatic heterocycles. The molecule has 0 N–H and O–H groups in total. The monoisotopic (exact) mass is 455 g/mol. The number of esters is 1. The minimum absolute atomic E-state index is 0.201. The van der Waals surface area contributed by atoms with E-state index in [9.17, 15) is 4.79 Å². The number of rotatable bonds is 7. The molecule has 0 saturated carbocycles. The van der Waals surface area contributed by atoms with Gasteiger partial charge in [0.15, 0.2) is 14.7 Å². The largest absolute Gasteiger partial charge is 0.426 e. The van der Waals surface area contributed by atoms with Gasteiger partial charge in [0.05, 0.1) is 16.3 Å². The maximum absolute atomic E-state index is 12.7. The van der Waals surface area contributed by atoms with E-state index in [0.717, 1.165) is 11.1 Å². The van der Waals surface area contributed by atoms with Crippen LogP contribution in [0.5, 0.6) is 5.75 Å². The molecular weight excluding hydrogens is 427 g/mol. The number of thiol groups is 1. The van der Waals surface area contributed by atoms with Crippen molar-refractivity contribution in [3.05, 3.63) is 83.9 Å². The molecule has 3 rings (SSSR count). The van der Waals surface area contributed by atoms with Crippen LogP contribution in [0.2, 0.25) is 0 Å². The first kappa shape index (κ1) is 22.9. The van der Waals surface area contributed by atoms with Crippen molar-refractivity contribution in [1.29, 1.82) is 0 Å². The molecule has 5 heteroatoms. The molecule has 156 valence electrons. The van der Waals surface area contributed by atoms with Gasteiger partial charge in [0, 0.05) is 12.1 Å². The van der Waals surface area contributed by atoms with Crippen LogP contribution in [0.1, 0.15) is 25.0 Å². The molecule has 0 aliphatic rings. The Morgan fingerprint density at radius 3 is 1.80 bits per heavy atom. The average Bonchev–Trinajstić information content (AvgIpc) is 2.72. The molecule has 3 aromatic carbocycles. The van der Waals surface area contributed by atoms with Crippen LogP contribution in [-0.2, 0) is 15.7 Å². The van der Waals surface area contributed by atoms with Crippen molar-refractivity contribution < 1.29 is 9.53 Å². The predicted octanol–water partition coefficient (Wildman–Crippen LogP) is 6.85. The van der Waals surface area contributed by atoms with Crippen LogP contribution in [0.15, 0.2) is 87.5 Å². The molecule has 0 saturated heterocycles. The molecule has 0 amide bonds. The molecule has 2 nitrogen and oxygen atoms in total. The van der Waals surface area contributed by atoms with Gasteiger partial charge in [-0.2, -0.15) is 12.2 Å². The predicted molar refractivity (Wildman–Crippen MR) is 133 cm³/mol. The van der Waals surface area contributed by atoms with Gasteiger partial charge < -0.3 is 4.74 Å². The Hall–Kier alpha value is -1.74. The van der Waals surface area contributed by atoms with Crippen LogP contribution in [0.4, 0.5) is 0 Å². The van der Waals surface area contributed by atoms with Gasteiger partial charge in [0.25, 0.3) is 0 Å². The van der Waals surface area contributed by atoms with Gasteiger partial charge in [-0.3, -0.25) is 4.79 Å². The summed E-state index contributed by atoms with van der Waals surface area (Å²) in [5.74, 6) is 0.470. The first-order chi connectivity index (χ1) is 14.3. The van der Waals surface area contributed by atoms with E-state index in [0.29, 0.717) is 19.7 Å². The van der Waals surface area contributed by atoms with Gasteiger partial charge in [-0.05, 0) is 69.2 Å². The second-order valence-corrected chi connectivity index (χ2v) is 11.6. The lowest BCUT2D eigenvalue weighted by Crippen LogP contribution is -2.31. The van der Waals surface area contributed by atoms with Crippen molar-refractivity contribution in [2.45, 2.75) is 42.4 Å². The summed E-state index contributed by atoms with van der Waals surface area (Å²) in [4.78, 5) is 16.5. The first-order valence-electron chi connectivity index (χ1n) is 9.88. The zero-order valence-corrected chi connectivity index (χ0v) is 20.5. The van der Waals surface area contributed by atoms with Crippen LogP contribution < -0.4 is 4.74 Å². The number of benzene rings is 3. The molecular formula is C25H28O2PS2+. The molecule has 30 heavy (non-hydrogen) atoms. The van der Waals surface area contributed by atoms with Crippen molar-refractivity contribution in [3.8, 4) is 5.75 Å². The highest BCUT2D eigenvalue weighted by Gasteiger charge is 2.32. The Labute approximate surface area is 189 Å². The number of ether oxygens (including phenoxy) is 1. The van der Waals surface area contributed by atoms with E-state index in [4.69, 9.17) is 4.74 Å². The average molecular weight is 456 g/mol. The van der Waals surface area contributed by atoms with E-state index >= 15 is 0 Å². The maximum Gasteiger partial charge on any atom is 0.317 e. The van der Waals surface area contributed by atoms with Crippen LogP contribution in [0.25, 0.3) is 0 Å². The summed E-state index contributed by atoms with van der Waals surface area (Å²) in [6.07, 6.45) is 0.705. The van der Waals surface area contributed by atoms with Crippen molar-refractivity contribution in [2.75, 3.05) is 6.16 Å². The van der Waals surface area contributed by atoms with Crippen LogP contribution in [0.3, 0.4) is 0 Å². The number of hydrogen-bond donors (Lipinski definition) is 1. The summed E-state index contributed by atoms with van der Waals surface area (Å²) in [5.41, 5.74) is 1.41. The normalized spacial score (nSPS) is 11.9. The van der Waals surface area contributed by atoms with E-state index < -0.39 is 5.41 Å². The molecule has 0 aliphatic heterocycles. The highest BCUT2D eigenvalue weighted by Crippen LogP contribution is 2.37. The highest BCUT2D eigenvalue weighted by molar-refractivity contribution is 8.38. The number of carbonyl (C=O) groups is 1. The molecule has 0 heterocycles. The van der Waals surface area contributed by atoms with E-state index in [1.165, 1.54) is 14.7 Å². The number of aryl methyl sites for hydroxylation is 2. The Balaban J connectivity index is 2.01. The van der Waals surface area contributed by atoms with E-state index in [-0.39, 0.29) is 16.9 Å². The van der Waals surface area contributed by atoms with E-state index in [1.54, 1.807) is 0 Å². The summed E-state index contributed by atoms with van der Waals surface area (Å²) >= 11 is 4.30. The van der Waals surface area contributed by atoms with Crippen LogP contribution in [-0.4, -0.2) is 12.1 Å². The highest BCUT2D eigenvalue weighted by atomic mass is 32.7. The molecule has 0 spiro atoms. The molecule has 0 bridgehead atoms. The van der Waals surface area contributed by atoms with Gasteiger partial charge in [-0.25, -0.2) is 0 Å². The molecule has 0 aliphatic carbocycles. The number of hydrogen-bond acceptors (Lipinski definition) is 3. The lowest BCUT2D eigenvalue weighted by atomic mass is 9.97. The fraction of sp³-hybridized carbons (Fsp3) is 0.240. The first-order valence-corrected chi connectivity index (χ1v) is 13.6. The van der Waals surface area contributed by atoms with Crippen molar-refractivity contribution >= 4 is 36.9 Å². The number of carbonyl (C=O) groups excluding carboxylic acids is 1. The second kappa shape index (κ2) is 10.0. The lowest BCUT2D eigenvalue weighted by Gasteiger charge is -2.22. The Kier molecular flexibility index (Phi) is 7.68. The zero-order chi connectivity index (χ0) is 21.7. The summed E-state index contributed by atoms with van der Waals surface area (Å²) in [7, 11) is 0.189. The van der Waals surface area contributed by atoms with Crippen molar-refractivity contribution in [2.24, 2.45) is 5.41 Å². The van der Waals surface area contributed by atoms with E-state index in [2.05, 4.69) is 72.9 Å². The fourth-order valence-corrected chi connectivity index (χ4v) is 7.20. The molecule has 0 radical (unpaired) electrons. The molecule has 0 fully saturated rings. The van der Waals surface area contributed by atoms with Crippen molar-refractivity contribution in [1.82, 2.24) is 0 Å². The third-order valence-electron chi connectivity index (χ3n) is 4.90. The molecule has 3 aromatic rings. The summed E-state index contributed by atoms with van der Waals surface area (Å²) in [6, 6.07) is 25.4. The maximum atomic E-state index is 12.7. The minimum Gasteiger partial charge on any atom is -0.426 e. The fourth-order valence-electron chi connectivity index (χ4n) is 3.21. The Morgan fingerprint density at radius 1 is 0.900 bits per heavy atom. The smallest absolute Gasteiger partial charge is 0.317 e. The third kappa shape index (κ3) is 5.29. The zero-order valence-electron chi connectivity index (χ0n) is 17.8. The van der Waals surface area contributed by atoms with Gasteiger partial charge in [0.2, 0.25) is 0 Å². The Bertz CT molecular complexity index is 942. The lowest BCUT2D eigenvalue weighted by molar-refractivity contribution is -0.142. The van der Waals surface area contributed by atoms with Gasteiger partial charge in [-0.1, -0.05) is 44.2 Å². The summed E-state index contributed by atoms with van der Waals surface area (Å²) in [5, 5.41) is 0. The van der Waals surface area contributed by atoms with Gasteiger partial charge in [0.1, 0.15) is 5.75 Å². The Morgan fingerprint density at radius 2 is 1.37 bits per heavy atom. The van der Waals surface area contributed by atoms with Crippen LogP contribution in [0, 0.1) is 19.3 Å². The quantitative estimate of drug-likeness (QED) is 0.139. The van der Waals surface area contributed by atoms with E-state index in [1.807, 2.05) is 39.8 Å². The summed E-state index contributed by atoms with van der Waals surface area (Å²) in [6.45, 7) is 7.87. The van der Waals surface area contributed by atoms with Crippen molar-refractivity contribution in [3.63, 3.8) is 0 Å². The topological polar surface area (TPSA) is 26.3 Å². The van der Waals surface area contributed by atoms with Crippen LogP contribution >= 0.6 is 20.0 Å².